The first-order valence-corrected chi connectivity index (χ1v) is 7.28. The SMILES string of the molecule is NCC1CCCCC1Nc1ccc(-n2cncn2)cc1. The Balaban J connectivity index is 1.68. The molecular weight excluding hydrogens is 250 g/mol. The molecule has 1 fully saturated rings. The maximum absolute atomic E-state index is 5.88. The van der Waals surface area contributed by atoms with E-state index >= 15 is 0 Å². The van der Waals surface area contributed by atoms with Crippen LogP contribution in [0.15, 0.2) is 36.9 Å². The van der Waals surface area contributed by atoms with E-state index in [1.54, 1.807) is 17.3 Å². The average molecular weight is 271 g/mol. The van der Waals surface area contributed by atoms with Gasteiger partial charge in [-0.1, -0.05) is 12.8 Å². The van der Waals surface area contributed by atoms with Gasteiger partial charge in [0, 0.05) is 11.7 Å². The van der Waals surface area contributed by atoms with Crippen molar-refractivity contribution in [3.05, 3.63) is 36.9 Å². The summed E-state index contributed by atoms with van der Waals surface area (Å²) in [6.45, 7) is 0.773. The molecule has 20 heavy (non-hydrogen) atoms. The van der Waals surface area contributed by atoms with Crippen LogP contribution >= 0.6 is 0 Å². The summed E-state index contributed by atoms with van der Waals surface area (Å²) < 4.78 is 1.76. The van der Waals surface area contributed by atoms with E-state index in [0.717, 1.165) is 17.9 Å². The standard InChI is InChI=1S/C15H21N5/c16-9-12-3-1-2-4-15(12)19-13-5-7-14(8-6-13)20-11-17-10-18-20/h5-8,10-12,15,19H,1-4,9,16H2. The molecule has 2 atom stereocenters. The topological polar surface area (TPSA) is 68.8 Å². The van der Waals surface area contributed by atoms with Crippen molar-refractivity contribution in [2.75, 3.05) is 11.9 Å². The van der Waals surface area contributed by atoms with E-state index in [9.17, 15) is 0 Å². The van der Waals surface area contributed by atoms with Gasteiger partial charge in [0.25, 0.3) is 0 Å². The summed E-state index contributed by atoms with van der Waals surface area (Å²) in [6.07, 6.45) is 8.31. The zero-order valence-corrected chi connectivity index (χ0v) is 11.6. The van der Waals surface area contributed by atoms with Gasteiger partial charge in [-0.3, -0.25) is 0 Å². The lowest BCUT2D eigenvalue weighted by Crippen LogP contribution is -2.36. The Morgan fingerprint density at radius 1 is 1.20 bits per heavy atom. The largest absolute Gasteiger partial charge is 0.382 e. The van der Waals surface area contributed by atoms with Crippen molar-refractivity contribution in [1.29, 1.82) is 0 Å². The van der Waals surface area contributed by atoms with Gasteiger partial charge >= 0.3 is 0 Å². The van der Waals surface area contributed by atoms with E-state index in [1.807, 2.05) is 0 Å². The highest BCUT2D eigenvalue weighted by molar-refractivity contribution is 5.49. The maximum atomic E-state index is 5.88. The van der Waals surface area contributed by atoms with E-state index < -0.39 is 0 Å². The van der Waals surface area contributed by atoms with E-state index in [0.29, 0.717) is 12.0 Å². The molecule has 3 rings (SSSR count). The molecule has 0 spiro atoms. The molecule has 0 amide bonds. The molecule has 0 bridgehead atoms. The summed E-state index contributed by atoms with van der Waals surface area (Å²) in [7, 11) is 0. The quantitative estimate of drug-likeness (QED) is 0.894. The van der Waals surface area contributed by atoms with Crippen LogP contribution in [0.4, 0.5) is 5.69 Å². The number of rotatable bonds is 4. The van der Waals surface area contributed by atoms with E-state index in [-0.39, 0.29) is 0 Å². The zero-order valence-electron chi connectivity index (χ0n) is 11.6. The Morgan fingerprint density at radius 3 is 2.70 bits per heavy atom. The van der Waals surface area contributed by atoms with Crippen LogP contribution in [0.1, 0.15) is 25.7 Å². The van der Waals surface area contributed by atoms with Crippen molar-refractivity contribution >= 4 is 5.69 Å². The van der Waals surface area contributed by atoms with Crippen molar-refractivity contribution in [3.8, 4) is 5.69 Å². The van der Waals surface area contributed by atoms with Gasteiger partial charge in [-0.2, -0.15) is 5.10 Å². The molecule has 1 saturated carbocycles. The van der Waals surface area contributed by atoms with Crippen LogP contribution in [0, 0.1) is 5.92 Å². The highest BCUT2D eigenvalue weighted by Gasteiger charge is 2.23. The minimum absolute atomic E-state index is 0.506. The number of benzene rings is 1. The molecule has 2 unspecified atom stereocenters. The predicted octanol–water partition coefficient (Wildman–Crippen LogP) is 2.20. The molecule has 1 aliphatic carbocycles. The van der Waals surface area contributed by atoms with Gasteiger partial charge < -0.3 is 11.1 Å². The zero-order chi connectivity index (χ0) is 13.8. The monoisotopic (exact) mass is 271 g/mol. The van der Waals surface area contributed by atoms with Crippen molar-refractivity contribution in [1.82, 2.24) is 14.8 Å². The lowest BCUT2D eigenvalue weighted by Gasteiger charge is -2.32. The van der Waals surface area contributed by atoms with Crippen LogP contribution in [-0.2, 0) is 0 Å². The normalized spacial score (nSPS) is 22.6. The summed E-state index contributed by atoms with van der Waals surface area (Å²) in [4.78, 5) is 3.96. The average Bonchev–Trinajstić information content (AvgIpc) is 3.03. The molecule has 1 aromatic heterocycles. The number of nitrogens with zero attached hydrogens (tertiary/aromatic N) is 3. The molecule has 5 nitrogen and oxygen atoms in total. The Labute approximate surface area is 119 Å². The van der Waals surface area contributed by atoms with Crippen LogP contribution < -0.4 is 11.1 Å². The molecule has 106 valence electrons. The lowest BCUT2D eigenvalue weighted by atomic mass is 9.84. The molecule has 0 radical (unpaired) electrons. The van der Waals surface area contributed by atoms with Crippen LogP contribution in [0.2, 0.25) is 0 Å². The van der Waals surface area contributed by atoms with Crippen LogP contribution in [0.3, 0.4) is 0 Å². The second kappa shape index (κ2) is 6.05. The molecule has 0 aliphatic heterocycles. The predicted molar refractivity (Wildman–Crippen MR) is 79.8 cm³/mol. The van der Waals surface area contributed by atoms with E-state index in [1.165, 1.54) is 25.7 Å². The number of nitrogens with two attached hydrogens (primary N) is 1. The number of aromatic nitrogens is 3. The van der Waals surface area contributed by atoms with Gasteiger partial charge in [0.15, 0.2) is 0 Å². The smallest absolute Gasteiger partial charge is 0.138 e. The second-order valence-electron chi connectivity index (χ2n) is 5.42. The van der Waals surface area contributed by atoms with Gasteiger partial charge in [-0.05, 0) is 49.6 Å². The number of anilines is 1. The van der Waals surface area contributed by atoms with Crippen LogP contribution in [0.25, 0.3) is 5.69 Å². The second-order valence-corrected chi connectivity index (χ2v) is 5.42. The van der Waals surface area contributed by atoms with Crippen molar-refractivity contribution in [2.24, 2.45) is 11.7 Å². The molecule has 5 heteroatoms. The van der Waals surface area contributed by atoms with Gasteiger partial charge in [0.1, 0.15) is 12.7 Å². The third-order valence-electron chi connectivity index (χ3n) is 4.11. The van der Waals surface area contributed by atoms with Gasteiger partial charge in [0.05, 0.1) is 5.69 Å². The van der Waals surface area contributed by atoms with Gasteiger partial charge in [-0.25, -0.2) is 9.67 Å². The maximum Gasteiger partial charge on any atom is 0.138 e. The summed E-state index contributed by atoms with van der Waals surface area (Å²) in [6, 6.07) is 8.80. The highest BCUT2D eigenvalue weighted by Crippen LogP contribution is 2.26. The van der Waals surface area contributed by atoms with Crippen molar-refractivity contribution in [3.63, 3.8) is 0 Å². The Kier molecular flexibility index (Phi) is 3.97. The summed E-state index contributed by atoms with van der Waals surface area (Å²) in [5.41, 5.74) is 8.05. The van der Waals surface area contributed by atoms with Crippen LogP contribution in [0.5, 0.6) is 0 Å². The fraction of sp³-hybridized carbons (Fsp3) is 0.467. The Bertz CT molecular complexity index is 520. The van der Waals surface area contributed by atoms with E-state index in [2.05, 4.69) is 39.7 Å². The Hall–Kier alpha value is -1.88. The molecule has 1 aliphatic rings. The highest BCUT2D eigenvalue weighted by atomic mass is 15.3. The number of hydrogen-bond donors (Lipinski definition) is 2. The fourth-order valence-electron chi connectivity index (χ4n) is 2.95. The first-order chi connectivity index (χ1) is 9.86. The number of nitrogens with one attached hydrogen (secondary N) is 1. The summed E-state index contributed by atoms with van der Waals surface area (Å²) in [5, 5.41) is 7.75. The minimum Gasteiger partial charge on any atom is -0.382 e. The van der Waals surface area contributed by atoms with Gasteiger partial charge in [0.2, 0.25) is 0 Å². The van der Waals surface area contributed by atoms with Crippen LogP contribution in [-0.4, -0.2) is 27.4 Å². The first kappa shape index (κ1) is 13.1. The number of hydrogen-bond acceptors (Lipinski definition) is 4. The molecule has 1 aromatic carbocycles. The van der Waals surface area contributed by atoms with Gasteiger partial charge in [-0.15, -0.1) is 0 Å². The lowest BCUT2D eigenvalue weighted by molar-refractivity contribution is 0.332. The minimum atomic E-state index is 0.506. The molecule has 0 saturated heterocycles. The Morgan fingerprint density at radius 2 is 2.00 bits per heavy atom. The summed E-state index contributed by atoms with van der Waals surface area (Å²) in [5.74, 6) is 0.596. The third kappa shape index (κ3) is 2.82. The molecule has 2 aromatic rings. The summed E-state index contributed by atoms with van der Waals surface area (Å²) >= 11 is 0. The molecular formula is C15H21N5. The van der Waals surface area contributed by atoms with Crippen molar-refractivity contribution in [2.45, 2.75) is 31.7 Å². The molecule has 1 heterocycles. The molecule has 3 N–H and O–H groups in total. The first-order valence-electron chi connectivity index (χ1n) is 7.28. The fourth-order valence-corrected chi connectivity index (χ4v) is 2.95. The third-order valence-corrected chi connectivity index (χ3v) is 4.11. The van der Waals surface area contributed by atoms with E-state index in [4.69, 9.17) is 5.73 Å². The van der Waals surface area contributed by atoms with Crippen molar-refractivity contribution < 1.29 is 0 Å².